The van der Waals surface area contributed by atoms with E-state index < -0.39 is 37.1 Å². The number of carbonyl (C=O) groups is 2. The van der Waals surface area contributed by atoms with Crippen molar-refractivity contribution in [2.75, 3.05) is 35.6 Å². The summed E-state index contributed by atoms with van der Waals surface area (Å²) in [6.07, 6.45) is -0.654. The number of anilines is 3. The summed E-state index contributed by atoms with van der Waals surface area (Å²) in [5.74, 6) is -1.54. The van der Waals surface area contributed by atoms with Gasteiger partial charge in [-0.25, -0.2) is 19.9 Å². The van der Waals surface area contributed by atoms with Gasteiger partial charge in [-0.2, -0.15) is 13.2 Å². The lowest BCUT2D eigenvalue weighted by molar-refractivity contribution is -0.137. The molecule has 0 spiro atoms. The Kier molecular flexibility index (Phi) is 7.63. The first-order chi connectivity index (χ1) is 24.0. The molecule has 2 fully saturated rings. The zero-order chi connectivity index (χ0) is 37.0. The van der Waals surface area contributed by atoms with Crippen LogP contribution in [0.25, 0.3) is 11.2 Å². The predicted molar refractivity (Wildman–Crippen MR) is 171 cm³/mol. The number of aryl methyl sites for hydroxylation is 1. The largest absolute Gasteiger partial charge is 0.504 e. The Hall–Kier alpha value is -4.99. The number of piperazine rings is 1. The summed E-state index contributed by atoms with van der Waals surface area (Å²) in [5, 5.41) is 24.3. The van der Waals surface area contributed by atoms with E-state index in [2.05, 4.69) is 30.6 Å². The number of nitrogens with one attached hydrogen (secondary N) is 3. The molecule has 4 aromatic rings. The van der Waals surface area contributed by atoms with E-state index in [1.165, 1.54) is 17.1 Å². The van der Waals surface area contributed by atoms with E-state index in [9.17, 15) is 33.3 Å². The highest BCUT2D eigenvalue weighted by molar-refractivity contribution is 6.33. The first-order valence-electron chi connectivity index (χ1n) is 16.5. The minimum absolute atomic E-state index is 0.00687. The fourth-order valence-electron chi connectivity index (χ4n) is 6.31. The molecule has 0 bridgehead atoms. The summed E-state index contributed by atoms with van der Waals surface area (Å²) in [7, 11) is 0. The lowest BCUT2D eigenvalue weighted by Crippen LogP contribution is -2.67. The van der Waals surface area contributed by atoms with Crippen LogP contribution in [0, 0.1) is 12.3 Å². The standard InChI is InChI=1S/C31H32ClF3N10O3/c1-4-19-27(43-9-10-44(21-8-7-20(21)43)30(48)26-28(47)15(2)39-14-40-26)24(36)25-29(38-12-22(37-3)42-25)45(19)13-23(46)41-18-6-5-16(11-17(18)32)31(33,34)35/h5-6,11-12,14,20-21,36,47H,4,7-10,13H2,1-3H3,(H,37,42)(H,41,46)/t20-,21-/m0/s1/i3D3. The van der Waals surface area contributed by atoms with Gasteiger partial charge in [0.25, 0.3) is 5.91 Å². The van der Waals surface area contributed by atoms with Gasteiger partial charge in [-0.1, -0.05) is 18.5 Å². The number of hydrogen-bond acceptors (Lipinski definition) is 10. The van der Waals surface area contributed by atoms with Gasteiger partial charge in [0.15, 0.2) is 17.1 Å². The number of rotatable bonds is 7. The second kappa shape index (κ2) is 12.6. The van der Waals surface area contributed by atoms with Gasteiger partial charge in [-0.3, -0.25) is 15.0 Å². The minimum atomic E-state index is -4.63. The van der Waals surface area contributed by atoms with Crippen molar-refractivity contribution in [1.29, 1.82) is 5.41 Å². The molecule has 13 nitrogen and oxygen atoms in total. The number of hydrogen-bond donors (Lipinski definition) is 4. The monoisotopic (exact) mass is 687 g/mol. The zero-order valence-corrected chi connectivity index (χ0v) is 26.4. The van der Waals surface area contributed by atoms with Crippen molar-refractivity contribution >= 4 is 51.8 Å². The molecule has 48 heavy (non-hydrogen) atoms. The van der Waals surface area contributed by atoms with Crippen LogP contribution in [-0.2, 0) is 23.9 Å². The summed E-state index contributed by atoms with van der Waals surface area (Å²) < 4.78 is 64.0. The van der Waals surface area contributed by atoms with Crippen molar-refractivity contribution < 1.29 is 32.0 Å². The van der Waals surface area contributed by atoms with E-state index in [4.69, 9.17) is 15.7 Å². The maximum absolute atomic E-state index is 13.6. The van der Waals surface area contributed by atoms with Crippen LogP contribution in [0.5, 0.6) is 5.75 Å². The molecule has 1 saturated carbocycles. The van der Waals surface area contributed by atoms with E-state index in [0.29, 0.717) is 36.7 Å². The maximum atomic E-state index is 13.6. The van der Waals surface area contributed by atoms with E-state index in [-0.39, 0.29) is 75.4 Å². The molecule has 4 N–H and O–H groups in total. The summed E-state index contributed by atoms with van der Waals surface area (Å²) in [4.78, 5) is 47.5. The topological polar surface area (TPSA) is 165 Å². The van der Waals surface area contributed by atoms with E-state index in [0.717, 1.165) is 12.1 Å². The number of aromatic hydroxyl groups is 1. The molecule has 4 heterocycles. The number of carbonyl (C=O) groups excluding carboxylic acids is 2. The molecule has 3 aromatic heterocycles. The molecule has 2 amide bonds. The third kappa shape index (κ3) is 5.73. The summed E-state index contributed by atoms with van der Waals surface area (Å²) in [5.41, 5.74) is 0.146. The van der Waals surface area contributed by atoms with Crippen LogP contribution in [0.4, 0.5) is 30.4 Å². The van der Waals surface area contributed by atoms with Crippen molar-refractivity contribution in [3.63, 3.8) is 0 Å². The third-order valence-electron chi connectivity index (χ3n) is 8.76. The van der Waals surface area contributed by atoms with Crippen LogP contribution in [0.2, 0.25) is 5.02 Å². The molecule has 1 aliphatic carbocycles. The summed E-state index contributed by atoms with van der Waals surface area (Å²) in [6.45, 7) is 0.825. The van der Waals surface area contributed by atoms with Crippen LogP contribution < -0.4 is 20.9 Å². The average Bonchev–Trinajstić information content (AvgIpc) is 3.03. The van der Waals surface area contributed by atoms with E-state index in [1.807, 2.05) is 11.8 Å². The first-order valence-corrected chi connectivity index (χ1v) is 15.4. The van der Waals surface area contributed by atoms with Gasteiger partial charge in [0.05, 0.1) is 39.9 Å². The number of pyridine rings is 1. The minimum Gasteiger partial charge on any atom is -0.504 e. The van der Waals surface area contributed by atoms with Crippen LogP contribution in [0.15, 0.2) is 30.7 Å². The number of nitrogens with zero attached hydrogens (tertiary/aromatic N) is 7. The number of fused-ring (bicyclic) bond motifs is 2. The van der Waals surface area contributed by atoms with Gasteiger partial charge in [0, 0.05) is 35.9 Å². The number of halogens is 4. The quantitative estimate of drug-likeness (QED) is 0.224. The van der Waals surface area contributed by atoms with Gasteiger partial charge in [0.1, 0.15) is 29.6 Å². The highest BCUT2D eigenvalue weighted by Gasteiger charge is 2.47. The van der Waals surface area contributed by atoms with Crippen LogP contribution in [0.1, 0.15) is 51.3 Å². The SMILES string of the molecule is [2H]C([2H])([2H])Nc1cnc2c(n1)c(=N)c(N1CCN(C(=O)c3ncnc(C)c3O)[C@H]3CC[C@@H]31)c(CC)n2CC(=O)Nc1ccc(C(F)(F)F)cc1Cl. The summed E-state index contributed by atoms with van der Waals surface area (Å²) in [6, 6.07) is 2.00. The molecular formula is C31H32ClF3N10O3. The molecule has 1 saturated heterocycles. The number of alkyl halides is 3. The second-order valence-electron chi connectivity index (χ2n) is 11.5. The molecule has 2 aliphatic rings. The maximum Gasteiger partial charge on any atom is 0.416 e. The molecule has 2 atom stereocenters. The first kappa shape index (κ1) is 29.2. The van der Waals surface area contributed by atoms with Crippen molar-refractivity contribution in [3.05, 3.63) is 63.7 Å². The Morgan fingerprint density at radius 3 is 2.62 bits per heavy atom. The van der Waals surface area contributed by atoms with Gasteiger partial charge >= 0.3 is 6.18 Å². The highest BCUT2D eigenvalue weighted by Crippen LogP contribution is 2.39. The lowest BCUT2D eigenvalue weighted by Gasteiger charge is -2.54. The smallest absolute Gasteiger partial charge is 0.416 e. The van der Waals surface area contributed by atoms with E-state index in [1.54, 1.807) is 11.8 Å². The van der Waals surface area contributed by atoms with Gasteiger partial charge in [0.2, 0.25) is 5.91 Å². The molecule has 0 unspecified atom stereocenters. The Morgan fingerprint density at radius 1 is 1.19 bits per heavy atom. The molecule has 0 radical (unpaired) electrons. The molecule has 6 rings (SSSR count). The Labute approximate surface area is 281 Å². The third-order valence-corrected chi connectivity index (χ3v) is 9.07. The van der Waals surface area contributed by atoms with Crippen LogP contribution in [0.3, 0.4) is 0 Å². The van der Waals surface area contributed by atoms with Crippen molar-refractivity contribution in [1.82, 2.24) is 29.4 Å². The Morgan fingerprint density at radius 2 is 1.96 bits per heavy atom. The molecular weight excluding hydrogens is 653 g/mol. The zero-order valence-electron chi connectivity index (χ0n) is 28.7. The normalized spacial score (nSPS) is 18.8. The van der Waals surface area contributed by atoms with E-state index >= 15 is 0 Å². The average molecular weight is 688 g/mol. The molecule has 1 aliphatic heterocycles. The predicted octanol–water partition coefficient (Wildman–Crippen LogP) is 4.12. The Bertz CT molecular complexity index is 2110. The number of aromatic nitrogens is 5. The van der Waals surface area contributed by atoms with Crippen LogP contribution in [-0.4, -0.2) is 78.5 Å². The lowest BCUT2D eigenvalue weighted by atomic mass is 9.81. The fourth-order valence-corrected chi connectivity index (χ4v) is 6.54. The molecule has 17 heteroatoms. The summed E-state index contributed by atoms with van der Waals surface area (Å²) >= 11 is 6.10. The van der Waals surface area contributed by atoms with Crippen molar-refractivity contribution in [2.24, 2.45) is 0 Å². The molecule has 252 valence electrons. The molecule has 1 aromatic carbocycles. The van der Waals surface area contributed by atoms with Crippen molar-refractivity contribution in [2.45, 2.75) is 57.9 Å². The fraction of sp³-hybridized carbons (Fsp3) is 0.387. The van der Waals surface area contributed by atoms with Gasteiger partial charge < -0.3 is 30.1 Å². The van der Waals surface area contributed by atoms with Crippen LogP contribution >= 0.6 is 11.6 Å². The van der Waals surface area contributed by atoms with Gasteiger partial charge in [-0.15, -0.1) is 0 Å². The Balaban J connectivity index is 1.40. The van der Waals surface area contributed by atoms with Crippen molar-refractivity contribution in [3.8, 4) is 5.75 Å². The second-order valence-corrected chi connectivity index (χ2v) is 11.9. The number of amides is 2. The van der Waals surface area contributed by atoms with Gasteiger partial charge in [-0.05, 0) is 44.4 Å². The highest BCUT2D eigenvalue weighted by atomic mass is 35.5. The number of benzene rings is 1.